The van der Waals surface area contributed by atoms with Crippen molar-refractivity contribution in [2.45, 2.75) is 48.7 Å². The van der Waals surface area contributed by atoms with Crippen molar-refractivity contribution in [1.29, 1.82) is 0 Å². The third-order valence-corrected chi connectivity index (χ3v) is 6.20. The van der Waals surface area contributed by atoms with Crippen LogP contribution in [0.25, 0.3) is 0 Å². The molecule has 0 radical (unpaired) electrons. The predicted molar refractivity (Wildman–Crippen MR) is 137 cm³/mol. The van der Waals surface area contributed by atoms with Gasteiger partial charge < -0.3 is 19.8 Å². The zero-order valence-corrected chi connectivity index (χ0v) is 21.1. The van der Waals surface area contributed by atoms with E-state index in [2.05, 4.69) is 0 Å². The van der Waals surface area contributed by atoms with Crippen LogP contribution in [0.1, 0.15) is 38.0 Å². The molecule has 3 aromatic carbocycles. The maximum atomic E-state index is 12.8. The maximum Gasteiger partial charge on any atom is 0.410 e. The van der Waals surface area contributed by atoms with E-state index in [0.29, 0.717) is 23.6 Å². The fourth-order valence-electron chi connectivity index (χ4n) is 3.25. The minimum Gasteiger partial charge on any atom is -0.508 e. The Bertz CT molecular complexity index is 1080. The van der Waals surface area contributed by atoms with Crippen LogP contribution in [0, 0.1) is 0 Å². The second-order valence-electron chi connectivity index (χ2n) is 8.99. The molecule has 0 spiro atoms. The summed E-state index contributed by atoms with van der Waals surface area (Å²) < 4.78 is 5.57. The molecule has 1 amide bonds. The molecule has 1 atom stereocenters. The summed E-state index contributed by atoms with van der Waals surface area (Å²) in [6, 6.07) is 22.2. The molecule has 0 saturated carbocycles. The van der Waals surface area contributed by atoms with E-state index in [1.807, 2.05) is 57.2 Å². The average molecular weight is 500 g/mol. The Hall–Kier alpha value is -2.67. The van der Waals surface area contributed by atoms with Crippen molar-refractivity contribution >= 4 is 29.5 Å². The van der Waals surface area contributed by atoms with E-state index in [1.165, 1.54) is 4.90 Å². The van der Waals surface area contributed by atoms with E-state index in [-0.39, 0.29) is 12.3 Å². The van der Waals surface area contributed by atoms with Crippen molar-refractivity contribution in [2.24, 2.45) is 0 Å². The number of hydrogen-bond donors (Lipinski definition) is 2. The number of benzene rings is 3. The van der Waals surface area contributed by atoms with Crippen LogP contribution < -0.4 is 0 Å². The molecule has 0 aromatic heterocycles. The van der Waals surface area contributed by atoms with Crippen LogP contribution in [0.2, 0.25) is 5.02 Å². The van der Waals surface area contributed by atoms with Crippen molar-refractivity contribution in [3.63, 3.8) is 0 Å². The van der Waals surface area contributed by atoms with E-state index in [1.54, 1.807) is 48.2 Å². The summed E-state index contributed by atoms with van der Waals surface area (Å²) in [7, 11) is 0. The summed E-state index contributed by atoms with van der Waals surface area (Å²) in [6.07, 6.45) is -0.727. The highest BCUT2D eigenvalue weighted by Gasteiger charge is 2.24. The van der Waals surface area contributed by atoms with Gasteiger partial charge >= 0.3 is 6.09 Å². The Morgan fingerprint density at radius 1 is 1.03 bits per heavy atom. The molecule has 3 aromatic rings. The molecule has 2 N–H and O–H groups in total. The quantitative estimate of drug-likeness (QED) is 0.360. The lowest BCUT2D eigenvalue weighted by Gasteiger charge is -2.29. The molecule has 34 heavy (non-hydrogen) atoms. The number of phenols is 1. The summed E-state index contributed by atoms with van der Waals surface area (Å²) in [5, 5.41) is 20.7. The highest BCUT2D eigenvalue weighted by Crippen LogP contribution is 2.29. The molecule has 180 valence electrons. The molecule has 0 unspecified atom stereocenters. The van der Waals surface area contributed by atoms with Gasteiger partial charge in [0.25, 0.3) is 0 Å². The number of aliphatic hydroxyl groups is 1. The van der Waals surface area contributed by atoms with Crippen LogP contribution in [-0.4, -0.2) is 39.9 Å². The number of carbonyl (C=O) groups is 1. The van der Waals surface area contributed by atoms with Gasteiger partial charge in [-0.05, 0) is 86.8 Å². The third kappa shape index (κ3) is 8.28. The molecule has 0 fully saturated rings. The van der Waals surface area contributed by atoms with Gasteiger partial charge in [-0.1, -0.05) is 47.6 Å². The van der Waals surface area contributed by atoms with Gasteiger partial charge in [-0.3, -0.25) is 0 Å². The number of halogens is 1. The van der Waals surface area contributed by atoms with Crippen molar-refractivity contribution in [1.82, 2.24) is 4.90 Å². The normalized spacial score (nSPS) is 12.3. The van der Waals surface area contributed by atoms with Gasteiger partial charge in [0.05, 0.1) is 12.6 Å². The summed E-state index contributed by atoms with van der Waals surface area (Å²) in [4.78, 5) is 16.5. The number of phenolic OH excluding ortho intramolecular Hbond substituents is 1. The predicted octanol–water partition coefficient (Wildman–Crippen LogP) is 6.71. The van der Waals surface area contributed by atoms with Crippen LogP contribution in [-0.2, 0) is 11.2 Å². The zero-order chi connectivity index (χ0) is 24.7. The van der Waals surface area contributed by atoms with Crippen molar-refractivity contribution in [3.8, 4) is 5.75 Å². The largest absolute Gasteiger partial charge is 0.508 e. The number of rotatable bonds is 8. The fourth-order valence-corrected chi connectivity index (χ4v) is 4.27. The van der Waals surface area contributed by atoms with Crippen LogP contribution in [0.4, 0.5) is 4.79 Å². The summed E-state index contributed by atoms with van der Waals surface area (Å²) in [5.41, 5.74) is 1.08. The lowest BCUT2D eigenvalue weighted by atomic mass is 10.1. The van der Waals surface area contributed by atoms with Gasteiger partial charge in [-0.25, -0.2) is 4.79 Å². The van der Waals surface area contributed by atoms with Gasteiger partial charge in [0.15, 0.2) is 0 Å². The van der Waals surface area contributed by atoms with E-state index in [0.717, 1.165) is 15.4 Å². The highest BCUT2D eigenvalue weighted by atomic mass is 35.5. The topological polar surface area (TPSA) is 70.0 Å². The first kappa shape index (κ1) is 25.9. The first-order chi connectivity index (χ1) is 16.1. The summed E-state index contributed by atoms with van der Waals surface area (Å²) in [6.45, 7) is 5.96. The van der Waals surface area contributed by atoms with Crippen molar-refractivity contribution in [2.75, 3.05) is 13.1 Å². The molecule has 3 rings (SSSR count). The van der Waals surface area contributed by atoms with Gasteiger partial charge in [0.2, 0.25) is 0 Å². The number of aromatic hydroxyl groups is 1. The Morgan fingerprint density at radius 3 is 2.24 bits per heavy atom. The average Bonchev–Trinajstić information content (AvgIpc) is 2.78. The molecule has 0 aliphatic heterocycles. The minimum atomic E-state index is -0.879. The number of ether oxygens (including phenoxy) is 1. The zero-order valence-electron chi connectivity index (χ0n) is 19.6. The summed E-state index contributed by atoms with van der Waals surface area (Å²) in [5.74, 6) is 0.245. The molecule has 0 bridgehead atoms. The second kappa shape index (κ2) is 11.6. The molecule has 0 aliphatic rings. The van der Waals surface area contributed by atoms with Crippen molar-refractivity contribution in [3.05, 3.63) is 88.9 Å². The number of aliphatic hydroxyl groups excluding tert-OH is 1. The van der Waals surface area contributed by atoms with Crippen LogP contribution in [0.3, 0.4) is 0 Å². The Balaban J connectivity index is 1.65. The lowest BCUT2D eigenvalue weighted by Crippen LogP contribution is -2.40. The fraction of sp³-hybridized carbons (Fsp3) is 0.296. The minimum absolute atomic E-state index is 0.101. The number of hydrogen-bond acceptors (Lipinski definition) is 5. The van der Waals surface area contributed by atoms with E-state index < -0.39 is 17.8 Å². The third-order valence-electron chi connectivity index (χ3n) is 4.94. The Kier molecular flexibility index (Phi) is 8.89. The highest BCUT2D eigenvalue weighted by molar-refractivity contribution is 7.99. The molecule has 7 heteroatoms. The van der Waals surface area contributed by atoms with Crippen LogP contribution >= 0.6 is 23.4 Å². The smallest absolute Gasteiger partial charge is 0.410 e. The monoisotopic (exact) mass is 499 g/mol. The maximum absolute atomic E-state index is 12.8. The molecular formula is C27H30ClNO4S. The first-order valence-corrected chi connectivity index (χ1v) is 12.3. The van der Waals surface area contributed by atoms with Crippen LogP contribution in [0.5, 0.6) is 5.75 Å². The molecule has 0 saturated heterocycles. The van der Waals surface area contributed by atoms with E-state index in [9.17, 15) is 15.0 Å². The standard InChI is InChI=1S/C27H30ClNO4S/c1-27(2,3)33-26(32)29(18-25(31)20-5-4-6-21(28)17-20)16-15-19-7-11-23(12-8-19)34-24-13-9-22(30)10-14-24/h4-14,17,25,30-31H,15-16,18H2,1-3H3/t25-/m0/s1. The molecule has 0 aliphatic carbocycles. The lowest BCUT2D eigenvalue weighted by molar-refractivity contribution is 0.0147. The van der Waals surface area contributed by atoms with Gasteiger partial charge in [0.1, 0.15) is 11.4 Å². The van der Waals surface area contributed by atoms with Gasteiger partial charge in [-0.15, -0.1) is 0 Å². The van der Waals surface area contributed by atoms with Crippen molar-refractivity contribution < 1.29 is 19.7 Å². The molecule has 5 nitrogen and oxygen atoms in total. The molecular weight excluding hydrogens is 470 g/mol. The summed E-state index contributed by atoms with van der Waals surface area (Å²) >= 11 is 7.67. The number of amides is 1. The Labute approximate surface area is 210 Å². The number of carbonyl (C=O) groups excluding carboxylic acids is 1. The van der Waals surface area contributed by atoms with Gasteiger partial charge in [-0.2, -0.15) is 0 Å². The number of nitrogens with zero attached hydrogens (tertiary/aromatic N) is 1. The van der Waals surface area contributed by atoms with Gasteiger partial charge in [0, 0.05) is 21.4 Å². The second-order valence-corrected chi connectivity index (χ2v) is 10.6. The van der Waals surface area contributed by atoms with E-state index in [4.69, 9.17) is 16.3 Å². The Morgan fingerprint density at radius 2 is 1.65 bits per heavy atom. The van der Waals surface area contributed by atoms with E-state index >= 15 is 0 Å². The SMILES string of the molecule is CC(C)(C)OC(=O)N(CCc1ccc(Sc2ccc(O)cc2)cc1)C[C@H](O)c1cccc(Cl)c1. The van der Waals surface area contributed by atoms with Crippen LogP contribution in [0.15, 0.2) is 82.6 Å². The molecule has 0 heterocycles. The first-order valence-electron chi connectivity index (χ1n) is 11.1.